The Balaban J connectivity index is 1.34. The molecule has 3 aromatic rings. The van der Waals surface area contributed by atoms with Crippen LogP contribution in [0, 0.1) is 0 Å². The quantitative estimate of drug-likeness (QED) is 0.238. The molecule has 0 bridgehead atoms. The molecule has 3 aromatic carbocycles. The van der Waals surface area contributed by atoms with Gasteiger partial charge in [0.15, 0.2) is 0 Å². The first kappa shape index (κ1) is 24.8. The van der Waals surface area contributed by atoms with E-state index in [9.17, 15) is 4.79 Å². The fourth-order valence-corrected chi connectivity index (χ4v) is 4.78. The number of carbonyl (C=O) groups excluding carboxylic acids is 1. The predicted molar refractivity (Wildman–Crippen MR) is 142 cm³/mol. The second-order valence-electron chi connectivity index (χ2n) is 9.43. The topological polar surface area (TPSA) is 83.1 Å². The number of likely N-dealkylation sites (tertiary alicyclic amines) is 1. The fourth-order valence-electron chi connectivity index (χ4n) is 4.78. The number of hydrogen-bond acceptors (Lipinski definition) is 6. The molecule has 1 fully saturated rings. The van der Waals surface area contributed by atoms with Gasteiger partial charge in [-0.25, -0.2) is 5.48 Å². The van der Waals surface area contributed by atoms with Gasteiger partial charge in [-0.3, -0.25) is 25.2 Å². The van der Waals surface area contributed by atoms with Crippen LogP contribution in [0.3, 0.4) is 0 Å². The van der Waals surface area contributed by atoms with E-state index in [1.54, 1.807) is 11.6 Å². The van der Waals surface area contributed by atoms with Crippen molar-refractivity contribution in [2.75, 3.05) is 13.1 Å². The molecule has 0 radical (unpaired) electrons. The average molecular weight is 498 g/mol. The summed E-state index contributed by atoms with van der Waals surface area (Å²) in [6, 6.07) is 26.3. The summed E-state index contributed by atoms with van der Waals surface area (Å²) < 4.78 is 6.61. The van der Waals surface area contributed by atoms with Gasteiger partial charge in [0.2, 0.25) is 0 Å². The third-order valence-corrected chi connectivity index (χ3v) is 6.77. The van der Waals surface area contributed by atoms with Crippen molar-refractivity contribution in [1.82, 2.24) is 15.9 Å². The Morgan fingerprint density at radius 3 is 2.41 bits per heavy atom. The van der Waals surface area contributed by atoms with Gasteiger partial charge >= 0.3 is 0 Å². The molecule has 5 rings (SSSR count). The van der Waals surface area contributed by atoms with Crippen LogP contribution in [-0.2, 0) is 22.8 Å². The molecule has 1 spiro atoms. The van der Waals surface area contributed by atoms with Crippen molar-refractivity contribution in [3.63, 3.8) is 0 Å². The summed E-state index contributed by atoms with van der Waals surface area (Å²) in [5, 5.41) is 8.77. The molecule has 0 aromatic heterocycles. The van der Waals surface area contributed by atoms with Gasteiger partial charge in [0.25, 0.3) is 5.91 Å². The summed E-state index contributed by atoms with van der Waals surface area (Å²) in [6.45, 7) is 3.20. The minimum atomic E-state index is -0.588. The maximum absolute atomic E-state index is 11.4. The molecule has 1 amide bonds. The van der Waals surface area contributed by atoms with E-state index in [1.807, 2.05) is 54.6 Å². The van der Waals surface area contributed by atoms with Gasteiger partial charge in [-0.15, -0.1) is 0 Å². The summed E-state index contributed by atoms with van der Waals surface area (Å²) in [7, 11) is 0. The summed E-state index contributed by atoms with van der Waals surface area (Å²) >= 11 is 0. The highest BCUT2D eigenvalue weighted by Gasteiger charge is 2.39. The number of nitrogens with zero attached hydrogens (tertiary/aromatic N) is 1. The zero-order valence-electron chi connectivity index (χ0n) is 20.6. The smallest absolute Gasteiger partial charge is 0.267 e. The van der Waals surface area contributed by atoms with E-state index >= 15 is 0 Å². The molecule has 3 N–H and O–H groups in total. The maximum atomic E-state index is 11.4. The van der Waals surface area contributed by atoms with Crippen LogP contribution in [-0.4, -0.2) is 34.7 Å². The Bertz CT molecular complexity index is 1270. The highest BCUT2D eigenvalue weighted by atomic mass is 16.6. The second kappa shape index (κ2) is 11.4. The molecule has 0 atom stereocenters. The van der Waals surface area contributed by atoms with Crippen molar-refractivity contribution < 1.29 is 19.6 Å². The van der Waals surface area contributed by atoms with E-state index < -0.39 is 11.5 Å². The maximum Gasteiger partial charge on any atom is 0.267 e. The third-order valence-electron chi connectivity index (χ3n) is 6.77. The van der Waals surface area contributed by atoms with Crippen molar-refractivity contribution in [3.8, 4) is 5.75 Å². The van der Waals surface area contributed by atoms with Crippen LogP contribution in [0.2, 0.25) is 0 Å². The van der Waals surface area contributed by atoms with Gasteiger partial charge in [0.05, 0.1) is 12.3 Å². The van der Waals surface area contributed by atoms with Gasteiger partial charge in [-0.05, 0) is 41.0 Å². The first-order chi connectivity index (χ1) is 18.1. The molecule has 37 heavy (non-hydrogen) atoms. The van der Waals surface area contributed by atoms with Gasteiger partial charge in [-0.1, -0.05) is 66.7 Å². The van der Waals surface area contributed by atoms with E-state index in [0.29, 0.717) is 6.61 Å². The third kappa shape index (κ3) is 6.27. The Morgan fingerprint density at radius 2 is 1.70 bits per heavy atom. The molecular formula is C30H31N3O4. The van der Waals surface area contributed by atoms with Crippen LogP contribution < -0.4 is 15.7 Å². The van der Waals surface area contributed by atoms with Gasteiger partial charge in [0.1, 0.15) is 11.4 Å². The van der Waals surface area contributed by atoms with Crippen LogP contribution in [0.15, 0.2) is 91.0 Å². The molecule has 7 nitrogen and oxygen atoms in total. The van der Waals surface area contributed by atoms with Crippen molar-refractivity contribution in [2.24, 2.45) is 0 Å². The minimum absolute atomic E-state index is 0.419. The summed E-state index contributed by atoms with van der Waals surface area (Å²) in [5.74, 6) is 0.184. The zero-order valence-corrected chi connectivity index (χ0v) is 20.6. The monoisotopic (exact) mass is 497 g/mol. The van der Waals surface area contributed by atoms with Crippen molar-refractivity contribution in [2.45, 2.75) is 31.6 Å². The highest BCUT2D eigenvalue weighted by Crippen LogP contribution is 2.40. The lowest BCUT2D eigenvalue weighted by Gasteiger charge is -2.43. The van der Waals surface area contributed by atoms with E-state index in [1.165, 1.54) is 11.6 Å². The van der Waals surface area contributed by atoms with Gasteiger partial charge in [-0.2, -0.15) is 0 Å². The first-order valence-electron chi connectivity index (χ1n) is 12.5. The normalized spacial score (nSPS) is 16.6. The molecule has 0 saturated carbocycles. The number of fused-ring (bicyclic) bond motifs is 1. The summed E-state index contributed by atoms with van der Waals surface area (Å²) in [4.78, 5) is 19.8. The first-order valence-corrected chi connectivity index (χ1v) is 12.5. The molecular weight excluding hydrogens is 466 g/mol. The predicted octanol–water partition coefficient (Wildman–Crippen LogP) is 4.69. The van der Waals surface area contributed by atoms with Crippen molar-refractivity contribution in [1.29, 1.82) is 0 Å². The van der Waals surface area contributed by atoms with Crippen LogP contribution in [0.4, 0.5) is 0 Å². The SMILES string of the molecule is O=C(C=Cc1ccc2c(c1)C(NOCc1ccccc1)=CC1(CCN(Cc3ccccc3)CC1)O2)NO. The fraction of sp³-hybridized carbons (Fsp3) is 0.233. The van der Waals surface area contributed by atoms with E-state index in [-0.39, 0.29) is 0 Å². The average Bonchev–Trinajstić information content (AvgIpc) is 2.94. The van der Waals surface area contributed by atoms with Crippen LogP contribution >= 0.6 is 0 Å². The van der Waals surface area contributed by atoms with Crippen molar-refractivity contribution >= 4 is 17.7 Å². The van der Waals surface area contributed by atoms with E-state index in [4.69, 9.17) is 14.8 Å². The molecule has 0 aliphatic carbocycles. The van der Waals surface area contributed by atoms with Gasteiger partial charge in [0, 0.05) is 44.1 Å². The highest BCUT2D eigenvalue weighted by molar-refractivity contribution is 5.91. The number of amides is 1. The molecule has 7 heteroatoms. The number of ether oxygens (including phenoxy) is 1. The van der Waals surface area contributed by atoms with Crippen LogP contribution in [0.1, 0.15) is 35.1 Å². The second-order valence-corrected chi connectivity index (χ2v) is 9.43. The number of rotatable bonds is 8. The van der Waals surface area contributed by atoms with E-state index in [2.05, 4.69) is 40.7 Å². The molecule has 1 saturated heterocycles. The number of hydrogen-bond donors (Lipinski definition) is 3. The standard InChI is InChI=1S/C30H31N3O4/c34-29(31-35)14-12-23-11-13-28-26(19-23)27(32-36-22-25-9-5-2-6-10-25)20-30(37-28)15-17-33(18-16-30)21-24-7-3-1-4-8-24/h1-14,19-20,32,35H,15-18,21-22H2,(H,31,34). The number of carbonyl (C=O) groups is 1. The van der Waals surface area contributed by atoms with Crippen molar-refractivity contribution in [3.05, 3.63) is 113 Å². The number of hydroxylamine groups is 2. The molecule has 0 unspecified atom stereocenters. The molecule has 2 aliphatic rings. The Hall–Kier alpha value is -3.91. The largest absolute Gasteiger partial charge is 0.482 e. The number of piperidine rings is 1. The number of benzene rings is 3. The Labute approximate surface area is 216 Å². The molecule has 2 aliphatic heterocycles. The molecule has 190 valence electrons. The van der Waals surface area contributed by atoms with Crippen LogP contribution in [0.5, 0.6) is 5.75 Å². The zero-order chi connectivity index (χ0) is 25.5. The minimum Gasteiger partial charge on any atom is -0.482 e. The lowest BCUT2D eigenvalue weighted by Crippen LogP contribution is -2.48. The lowest BCUT2D eigenvalue weighted by molar-refractivity contribution is -0.124. The Morgan fingerprint density at radius 1 is 1.00 bits per heavy atom. The van der Waals surface area contributed by atoms with Crippen LogP contribution in [0.25, 0.3) is 11.8 Å². The Kier molecular flexibility index (Phi) is 7.65. The summed E-state index contributed by atoms with van der Waals surface area (Å²) in [5.41, 5.74) is 9.25. The van der Waals surface area contributed by atoms with E-state index in [0.717, 1.165) is 60.6 Å². The van der Waals surface area contributed by atoms with Gasteiger partial charge < -0.3 is 4.74 Å². The number of nitrogens with one attached hydrogen (secondary N) is 2. The molecule has 2 heterocycles. The lowest BCUT2D eigenvalue weighted by atomic mass is 9.86. The summed E-state index contributed by atoms with van der Waals surface area (Å²) in [6.07, 6.45) is 6.79.